The van der Waals surface area contributed by atoms with Crippen LogP contribution in [0.4, 0.5) is 36.1 Å². The number of aromatic nitrogens is 2. The fraction of sp³-hybridized carbons (Fsp3) is 0.227. The van der Waals surface area contributed by atoms with Crippen molar-refractivity contribution in [3.63, 3.8) is 0 Å². The number of amides is 1. The van der Waals surface area contributed by atoms with Gasteiger partial charge in [0.25, 0.3) is 5.91 Å². The summed E-state index contributed by atoms with van der Waals surface area (Å²) >= 11 is 0. The number of benzene rings is 2. The van der Waals surface area contributed by atoms with Crippen molar-refractivity contribution in [1.82, 2.24) is 10.2 Å². The van der Waals surface area contributed by atoms with Crippen LogP contribution in [0.1, 0.15) is 28.8 Å². The summed E-state index contributed by atoms with van der Waals surface area (Å²) in [6, 6.07) is 13.0. The van der Waals surface area contributed by atoms with E-state index in [1.54, 1.807) is 30.5 Å². The van der Waals surface area contributed by atoms with Gasteiger partial charge in [-0.1, -0.05) is 6.07 Å². The molecule has 0 radical (unpaired) electrons. The molecule has 9 heteroatoms. The average molecular weight is 427 g/mol. The van der Waals surface area contributed by atoms with Gasteiger partial charge in [-0.15, -0.1) is 5.10 Å². The van der Waals surface area contributed by atoms with Gasteiger partial charge in [0.05, 0.1) is 17.4 Å². The highest BCUT2D eigenvalue weighted by atomic mass is 19.4. The molecule has 0 aliphatic carbocycles. The van der Waals surface area contributed by atoms with Crippen LogP contribution in [0.5, 0.6) is 0 Å². The van der Waals surface area contributed by atoms with Crippen molar-refractivity contribution >= 4 is 28.8 Å². The minimum absolute atomic E-state index is 0.0639. The van der Waals surface area contributed by atoms with E-state index in [2.05, 4.69) is 25.7 Å². The van der Waals surface area contributed by atoms with E-state index in [1.165, 1.54) is 25.0 Å². The Morgan fingerprint density at radius 2 is 1.68 bits per heavy atom. The highest BCUT2D eigenvalue weighted by Crippen LogP contribution is 2.30. The lowest BCUT2D eigenvalue weighted by Crippen LogP contribution is -2.18. The van der Waals surface area contributed by atoms with Crippen LogP contribution in [0.25, 0.3) is 0 Å². The Bertz CT molecular complexity index is 1060. The second-order valence-corrected chi connectivity index (χ2v) is 7.23. The summed E-state index contributed by atoms with van der Waals surface area (Å²) in [4.78, 5) is 14.6. The lowest BCUT2D eigenvalue weighted by atomic mass is 10.1. The first-order chi connectivity index (χ1) is 14.9. The predicted molar refractivity (Wildman–Crippen MR) is 113 cm³/mol. The Morgan fingerprint density at radius 1 is 0.968 bits per heavy atom. The molecule has 1 aliphatic rings. The molecule has 1 aromatic heterocycles. The number of anilines is 4. The van der Waals surface area contributed by atoms with Crippen molar-refractivity contribution in [3.05, 3.63) is 71.9 Å². The molecule has 0 spiro atoms. The molecule has 1 saturated heterocycles. The smallest absolute Gasteiger partial charge is 0.370 e. The van der Waals surface area contributed by atoms with Gasteiger partial charge in [-0.3, -0.25) is 4.79 Å². The van der Waals surface area contributed by atoms with Crippen LogP contribution in [0.2, 0.25) is 0 Å². The van der Waals surface area contributed by atoms with Gasteiger partial charge < -0.3 is 15.5 Å². The van der Waals surface area contributed by atoms with Gasteiger partial charge in [-0.2, -0.15) is 18.3 Å². The molecule has 2 aromatic carbocycles. The normalized spacial score (nSPS) is 13.8. The van der Waals surface area contributed by atoms with Crippen LogP contribution in [-0.4, -0.2) is 29.2 Å². The first kappa shape index (κ1) is 20.6. The molecular formula is C22H20F3N5O. The molecule has 6 nitrogen and oxygen atoms in total. The Kier molecular flexibility index (Phi) is 5.75. The molecule has 0 saturated carbocycles. The zero-order chi connectivity index (χ0) is 21.8. The molecular weight excluding hydrogens is 407 g/mol. The second kappa shape index (κ2) is 8.63. The maximum atomic E-state index is 12.8. The topological polar surface area (TPSA) is 70.2 Å². The number of carbonyl (C=O) groups is 1. The van der Waals surface area contributed by atoms with Crippen molar-refractivity contribution in [2.24, 2.45) is 0 Å². The van der Waals surface area contributed by atoms with E-state index in [9.17, 15) is 18.0 Å². The summed E-state index contributed by atoms with van der Waals surface area (Å²) in [5.74, 6) is -0.0128. The number of rotatable bonds is 5. The first-order valence-corrected chi connectivity index (χ1v) is 9.82. The van der Waals surface area contributed by atoms with Gasteiger partial charge in [0.1, 0.15) is 0 Å². The molecule has 1 fully saturated rings. The molecule has 1 aliphatic heterocycles. The van der Waals surface area contributed by atoms with Crippen molar-refractivity contribution in [3.8, 4) is 0 Å². The van der Waals surface area contributed by atoms with Crippen LogP contribution in [0.3, 0.4) is 0 Å². The van der Waals surface area contributed by atoms with E-state index in [-0.39, 0.29) is 5.56 Å². The van der Waals surface area contributed by atoms with Crippen molar-refractivity contribution in [1.29, 1.82) is 0 Å². The Balaban J connectivity index is 1.41. The maximum absolute atomic E-state index is 12.8. The van der Waals surface area contributed by atoms with Gasteiger partial charge in [-0.25, -0.2) is 0 Å². The SMILES string of the molecule is O=C(Nc1ccc(Nc2cc(N3CCCC3)cnn2)cc1)c1cccc(C(F)(F)F)c1. The lowest BCUT2D eigenvalue weighted by Gasteiger charge is -2.17. The Labute approximate surface area is 177 Å². The van der Waals surface area contributed by atoms with E-state index < -0.39 is 17.6 Å². The van der Waals surface area contributed by atoms with Gasteiger partial charge in [0.15, 0.2) is 5.82 Å². The number of carbonyl (C=O) groups excluding carboxylic acids is 1. The molecule has 160 valence electrons. The van der Waals surface area contributed by atoms with Crippen molar-refractivity contribution in [2.45, 2.75) is 19.0 Å². The number of nitrogens with one attached hydrogen (secondary N) is 2. The molecule has 3 aromatic rings. The Hall–Kier alpha value is -3.62. The minimum atomic E-state index is -4.50. The van der Waals surface area contributed by atoms with Gasteiger partial charge in [-0.05, 0) is 55.3 Å². The highest BCUT2D eigenvalue weighted by molar-refractivity contribution is 6.04. The zero-order valence-electron chi connectivity index (χ0n) is 16.5. The standard InChI is InChI=1S/C22H20F3N5O/c23-22(24,25)16-5-3-4-15(12-16)21(31)28-18-8-6-17(7-9-18)27-20-13-19(14-26-29-20)30-10-1-2-11-30/h3-9,12-14H,1-2,10-11H2,(H,27,29)(H,28,31). The number of halogens is 3. The van der Waals surface area contributed by atoms with Gasteiger partial charge in [0.2, 0.25) is 0 Å². The predicted octanol–water partition coefficient (Wildman–Crippen LogP) is 5.09. The second-order valence-electron chi connectivity index (χ2n) is 7.23. The van der Waals surface area contributed by atoms with E-state index >= 15 is 0 Å². The molecule has 2 N–H and O–H groups in total. The van der Waals surface area contributed by atoms with E-state index in [4.69, 9.17) is 0 Å². The maximum Gasteiger partial charge on any atom is 0.416 e. The number of hydrogen-bond donors (Lipinski definition) is 2. The monoisotopic (exact) mass is 427 g/mol. The van der Waals surface area contributed by atoms with Crippen molar-refractivity contribution < 1.29 is 18.0 Å². The first-order valence-electron chi connectivity index (χ1n) is 9.82. The summed E-state index contributed by atoms with van der Waals surface area (Å²) in [6.07, 6.45) is -0.432. The van der Waals surface area contributed by atoms with E-state index in [0.717, 1.165) is 36.6 Å². The minimum Gasteiger partial charge on any atom is -0.370 e. The third kappa shape index (κ3) is 5.11. The molecule has 0 atom stereocenters. The fourth-order valence-electron chi connectivity index (χ4n) is 3.39. The van der Waals surface area contributed by atoms with Crippen LogP contribution in [-0.2, 0) is 6.18 Å². The summed E-state index contributed by atoms with van der Waals surface area (Å²) < 4.78 is 38.5. The summed E-state index contributed by atoms with van der Waals surface area (Å²) in [5.41, 5.74) is 1.29. The third-order valence-electron chi connectivity index (χ3n) is 4.98. The van der Waals surface area contributed by atoms with E-state index in [1.807, 2.05) is 6.07 Å². The highest BCUT2D eigenvalue weighted by Gasteiger charge is 2.30. The van der Waals surface area contributed by atoms with Crippen LogP contribution in [0, 0.1) is 0 Å². The van der Waals surface area contributed by atoms with Crippen LogP contribution >= 0.6 is 0 Å². The largest absolute Gasteiger partial charge is 0.416 e. The van der Waals surface area contributed by atoms with E-state index in [0.29, 0.717) is 11.5 Å². The third-order valence-corrected chi connectivity index (χ3v) is 4.98. The Morgan fingerprint density at radius 3 is 2.39 bits per heavy atom. The zero-order valence-corrected chi connectivity index (χ0v) is 16.5. The summed E-state index contributed by atoms with van der Waals surface area (Å²) in [5, 5.41) is 13.9. The molecule has 1 amide bonds. The van der Waals surface area contributed by atoms with Crippen molar-refractivity contribution in [2.75, 3.05) is 28.6 Å². The number of hydrogen-bond acceptors (Lipinski definition) is 5. The molecule has 2 heterocycles. The van der Waals surface area contributed by atoms with Gasteiger partial charge in [0, 0.05) is 36.1 Å². The van der Waals surface area contributed by atoms with Gasteiger partial charge >= 0.3 is 6.18 Å². The van der Waals surface area contributed by atoms with Crippen LogP contribution in [0.15, 0.2) is 60.8 Å². The number of alkyl halides is 3. The molecule has 0 bridgehead atoms. The van der Waals surface area contributed by atoms with Crippen LogP contribution < -0.4 is 15.5 Å². The quantitative estimate of drug-likeness (QED) is 0.594. The summed E-state index contributed by atoms with van der Waals surface area (Å²) in [6.45, 7) is 2.01. The molecule has 31 heavy (non-hydrogen) atoms. The number of nitrogens with zero attached hydrogens (tertiary/aromatic N) is 3. The summed E-state index contributed by atoms with van der Waals surface area (Å²) in [7, 11) is 0. The average Bonchev–Trinajstić information content (AvgIpc) is 3.30. The lowest BCUT2D eigenvalue weighted by molar-refractivity contribution is -0.137. The molecule has 4 rings (SSSR count). The molecule has 0 unspecified atom stereocenters. The fourth-order valence-corrected chi connectivity index (χ4v) is 3.39.